The highest BCUT2D eigenvalue weighted by molar-refractivity contribution is 5.97. The summed E-state index contributed by atoms with van der Waals surface area (Å²) in [4.78, 5) is 29.4. The minimum atomic E-state index is -0.280. The summed E-state index contributed by atoms with van der Waals surface area (Å²) >= 11 is 0. The zero-order valence-corrected chi connectivity index (χ0v) is 16.2. The topological polar surface area (TPSA) is 83.0 Å². The second-order valence-electron chi connectivity index (χ2n) is 7.59. The van der Waals surface area contributed by atoms with Crippen LogP contribution >= 0.6 is 0 Å². The van der Waals surface area contributed by atoms with Gasteiger partial charge in [-0.1, -0.05) is 18.2 Å². The molecular formula is C20H28N4O3. The lowest BCUT2D eigenvalue weighted by Crippen LogP contribution is -2.48. The van der Waals surface area contributed by atoms with E-state index in [1.54, 1.807) is 7.05 Å². The van der Waals surface area contributed by atoms with Crippen LogP contribution in [0.3, 0.4) is 0 Å². The molecule has 0 saturated carbocycles. The van der Waals surface area contributed by atoms with E-state index in [-0.39, 0.29) is 23.5 Å². The van der Waals surface area contributed by atoms with Gasteiger partial charge in [0.05, 0.1) is 6.04 Å². The molecule has 1 atom stereocenters. The third kappa shape index (κ3) is 4.59. The number of hydrogen-bond acceptors (Lipinski definition) is 4. The number of fused-ring (bicyclic) bond motifs is 1. The van der Waals surface area contributed by atoms with Crippen LogP contribution in [0.5, 0.6) is 5.75 Å². The number of ether oxygens (including phenoxy) is 1. The summed E-state index contributed by atoms with van der Waals surface area (Å²) in [6, 6.07) is 8.07. The van der Waals surface area contributed by atoms with Crippen molar-refractivity contribution in [2.75, 3.05) is 20.1 Å². The molecule has 27 heavy (non-hydrogen) atoms. The Bertz CT molecular complexity index is 728. The van der Waals surface area contributed by atoms with E-state index in [1.165, 1.54) is 4.90 Å². The zero-order chi connectivity index (χ0) is 19.4. The van der Waals surface area contributed by atoms with Gasteiger partial charge in [0.2, 0.25) is 11.8 Å². The number of guanidine groups is 1. The van der Waals surface area contributed by atoms with Gasteiger partial charge in [0.1, 0.15) is 11.4 Å². The van der Waals surface area contributed by atoms with Gasteiger partial charge in [0.25, 0.3) is 0 Å². The molecule has 2 N–H and O–H groups in total. The Hall–Kier alpha value is -2.57. The summed E-state index contributed by atoms with van der Waals surface area (Å²) in [6.07, 6.45) is 2.36. The molecule has 1 fully saturated rings. The van der Waals surface area contributed by atoms with Gasteiger partial charge < -0.3 is 15.4 Å². The van der Waals surface area contributed by atoms with Crippen molar-refractivity contribution < 1.29 is 14.3 Å². The lowest BCUT2D eigenvalue weighted by Gasteiger charge is -2.38. The van der Waals surface area contributed by atoms with Crippen molar-refractivity contribution in [1.29, 1.82) is 0 Å². The number of para-hydroxylation sites is 1. The van der Waals surface area contributed by atoms with E-state index in [2.05, 4.69) is 35.5 Å². The van der Waals surface area contributed by atoms with Crippen LogP contribution in [0.15, 0.2) is 29.3 Å². The summed E-state index contributed by atoms with van der Waals surface area (Å²) in [6.45, 7) is 4.96. The molecule has 0 radical (unpaired) electrons. The van der Waals surface area contributed by atoms with Crippen LogP contribution in [0.4, 0.5) is 0 Å². The molecule has 1 unspecified atom stereocenters. The number of piperidine rings is 1. The van der Waals surface area contributed by atoms with Gasteiger partial charge in [-0.15, -0.1) is 0 Å². The zero-order valence-electron chi connectivity index (χ0n) is 16.2. The number of nitrogens with zero attached hydrogens (tertiary/aromatic N) is 2. The van der Waals surface area contributed by atoms with Crippen molar-refractivity contribution in [2.45, 2.75) is 51.2 Å². The molecule has 0 bridgehead atoms. The Kier molecular flexibility index (Phi) is 5.68. The first kappa shape index (κ1) is 19.2. The number of carbonyl (C=O) groups is 2. The largest absolute Gasteiger partial charge is 0.487 e. The molecule has 1 aromatic rings. The fourth-order valence-corrected chi connectivity index (χ4v) is 3.63. The average Bonchev–Trinajstić information content (AvgIpc) is 2.62. The van der Waals surface area contributed by atoms with Crippen LogP contribution in [0.1, 0.15) is 51.1 Å². The summed E-state index contributed by atoms with van der Waals surface area (Å²) in [7, 11) is 1.71. The molecule has 7 nitrogen and oxygen atoms in total. The van der Waals surface area contributed by atoms with E-state index >= 15 is 0 Å². The molecule has 7 heteroatoms. The van der Waals surface area contributed by atoms with Crippen LogP contribution in [0.25, 0.3) is 0 Å². The average molecular weight is 372 g/mol. The van der Waals surface area contributed by atoms with Gasteiger partial charge in [-0.2, -0.15) is 0 Å². The second kappa shape index (κ2) is 7.98. The third-order valence-electron chi connectivity index (χ3n) is 4.92. The van der Waals surface area contributed by atoms with Crippen LogP contribution in [0.2, 0.25) is 0 Å². The Balaban J connectivity index is 1.60. The minimum absolute atomic E-state index is 0.0643. The molecule has 2 aliphatic heterocycles. The van der Waals surface area contributed by atoms with Crippen LogP contribution in [-0.2, 0) is 9.59 Å². The monoisotopic (exact) mass is 372 g/mol. The fraction of sp³-hybridized carbons (Fsp3) is 0.550. The van der Waals surface area contributed by atoms with Gasteiger partial charge in [-0.05, 0) is 26.3 Å². The fourth-order valence-electron chi connectivity index (χ4n) is 3.63. The van der Waals surface area contributed by atoms with E-state index in [4.69, 9.17) is 4.74 Å². The Labute approximate surface area is 160 Å². The predicted molar refractivity (Wildman–Crippen MR) is 104 cm³/mol. The molecule has 1 aromatic carbocycles. The normalized spacial score (nSPS) is 22.1. The van der Waals surface area contributed by atoms with Crippen molar-refractivity contribution in [2.24, 2.45) is 4.99 Å². The number of carbonyl (C=O) groups excluding carboxylic acids is 2. The summed E-state index contributed by atoms with van der Waals surface area (Å²) in [5.74, 6) is 1.35. The summed E-state index contributed by atoms with van der Waals surface area (Å²) < 4.78 is 6.07. The lowest BCUT2D eigenvalue weighted by atomic mass is 9.90. The number of aliphatic imine (C=N–C) groups is 1. The standard InChI is InChI=1S/C20H28N4O3/c1-20(2)13-15(14-7-4-5-8-16(14)27-20)23-19(21-3)22-11-12-24-17(25)9-6-10-18(24)26/h4-5,7-8,15H,6,9-13H2,1-3H3,(H2,21,22,23). The van der Waals surface area contributed by atoms with Gasteiger partial charge in [-0.3, -0.25) is 19.5 Å². The van der Waals surface area contributed by atoms with Crippen molar-refractivity contribution >= 4 is 17.8 Å². The maximum absolute atomic E-state index is 11.9. The highest BCUT2D eigenvalue weighted by Crippen LogP contribution is 2.39. The highest BCUT2D eigenvalue weighted by atomic mass is 16.5. The smallest absolute Gasteiger partial charge is 0.229 e. The van der Waals surface area contributed by atoms with Gasteiger partial charge in [0.15, 0.2) is 5.96 Å². The summed E-state index contributed by atoms with van der Waals surface area (Å²) in [5, 5.41) is 6.66. The number of rotatable bonds is 4. The third-order valence-corrected chi connectivity index (χ3v) is 4.92. The van der Waals surface area contributed by atoms with Crippen molar-refractivity contribution in [3.63, 3.8) is 0 Å². The van der Waals surface area contributed by atoms with Gasteiger partial charge in [0, 0.05) is 45.0 Å². The molecule has 0 aliphatic carbocycles. The van der Waals surface area contributed by atoms with Crippen molar-refractivity contribution in [1.82, 2.24) is 15.5 Å². The van der Waals surface area contributed by atoms with Gasteiger partial charge >= 0.3 is 0 Å². The quantitative estimate of drug-likeness (QED) is 0.480. The van der Waals surface area contributed by atoms with E-state index in [0.717, 1.165) is 17.7 Å². The highest BCUT2D eigenvalue weighted by Gasteiger charge is 2.34. The molecule has 2 amide bonds. The SMILES string of the molecule is CN=C(NCCN1C(=O)CCCC1=O)NC1CC(C)(C)Oc2ccccc21. The molecule has 1 saturated heterocycles. The number of nitrogens with one attached hydrogen (secondary N) is 2. The molecular weight excluding hydrogens is 344 g/mol. The van der Waals surface area contributed by atoms with E-state index < -0.39 is 0 Å². The predicted octanol–water partition coefficient (Wildman–Crippen LogP) is 1.99. The number of likely N-dealkylation sites (tertiary alicyclic amines) is 1. The first-order chi connectivity index (χ1) is 12.9. The maximum Gasteiger partial charge on any atom is 0.229 e. The number of amides is 2. The maximum atomic E-state index is 11.9. The molecule has 146 valence electrons. The molecule has 0 aromatic heterocycles. The molecule has 2 heterocycles. The van der Waals surface area contributed by atoms with Gasteiger partial charge in [-0.25, -0.2) is 0 Å². The van der Waals surface area contributed by atoms with Crippen molar-refractivity contribution in [3.05, 3.63) is 29.8 Å². The second-order valence-corrected chi connectivity index (χ2v) is 7.59. The molecule has 0 spiro atoms. The minimum Gasteiger partial charge on any atom is -0.487 e. The number of hydrogen-bond donors (Lipinski definition) is 2. The molecule has 3 rings (SSSR count). The Morgan fingerprint density at radius 3 is 2.67 bits per heavy atom. The first-order valence-electron chi connectivity index (χ1n) is 9.48. The first-order valence-corrected chi connectivity index (χ1v) is 9.48. The Morgan fingerprint density at radius 1 is 1.26 bits per heavy atom. The number of imide groups is 1. The lowest BCUT2D eigenvalue weighted by molar-refractivity contribution is -0.147. The summed E-state index contributed by atoms with van der Waals surface area (Å²) in [5.41, 5.74) is 0.818. The van der Waals surface area contributed by atoms with Crippen molar-refractivity contribution in [3.8, 4) is 5.75 Å². The Morgan fingerprint density at radius 2 is 1.96 bits per heavy atom. The van der Waals surface area contributed by atoms with E-state index in [0.29, 0.717) is 38.3 Å². The van der Waals surface area contributed by atoms with Crippen LogP contribution < -0.4 is 15.4 Å². The van der Waals surface area contributed by atoms with E-state index in [1.807, 2.05) is 18.2 Å². The van der Waals surface area contributed by atoms with Crippen LogP contribution in [0, 0.1) is 0 Å². The van der Waals surface area contributed by atoms with Crippen LogP contribution in [-0.4, -0.2) is 48.4 Å². The van der Waals surface area contributed by atoms with E-state index in [9.17, 15) is 9.59 Å². The number of benzene rings is 1. The molecule has 2 aliphatic rings.